The molecule has 0 aliphatic carbocycles. The van der Waals surface area contributed by atoms with Crippen LogP contribution in [0.25, 0.3) is 0 Å². The van der Waals surface area contributed by atoms with Gasteiger partial charge < -0.3 is 19.5 Å². The van der Waals surface area contributed by atoms with Crippen LogP contribution in [0.4, 0.5) is 4.79 Å². The summed E-state index contributed by atoms with van der Waals surface area (Å²) in [6.07, 6.45) is -0.675. The lowest BCUT2D eigenvalue weighted by Crippen LogP contribution is -2.28. The van der Waals surface area contributed by atoms with Gasteiger partial charge in [0.15, 0.2) is 0 Å². The highest BCUT2D eigenvalue weighted by atomic mass is 33.1. The van der Waals surface area contributed by atoms with Crippen LogP contribution < -0.4 is 5.32 Å². The first-order valence-corrected chi connectivity index (χ1v) is 7.57. The molecule has 5 nitrogen and oxygen atoms in total. The Balaban J connectivity index is 3.32. The van der Waals surface area contributed by atoms with E-state index in [1.54, 1.807) is 21.6 Å². The van der Waals surface area contributed by atoms with Gasteiger partial charge in [-0.25, -0.2) is 4.79 Å². The summed E-state index contributed by atoms with van der Waals surface area (Å²) in [5.74, 6) is 0.572. The minimum absolute atomic E-state index is 0.172. The lowest BCUT2D eigenvalue weighted by atomic mass is 10.2. The molecule has 0 saturated carbocycles. The van der Waals surface area contributed by atoms with Crippen LogP contribution in [0.15, 0.2) is 0 Å². The number of carbonyl (C=O) groups excluding carboxylic acids is 1. The molecule has 102 valence electrons. The van der Waals surface area contributed by atoms with E-state index < -0.39 is 6.16 Å². The topological polar surface area (TPSA) is 56.8 Å². The van der Waals surface area contributed by atoms with Gasteiger partial charge in [0, 0.05) is 11.3 Å². The Bertz CT molecular complexity index is 214. The van der Waals surface area contributed by atoms with Gasteiger partial charge >= 0.3 is 6.16 Å². The van der Waals surface area contributed by atoms with Crippen LogP contribution in [0.1, 0.15) is 13.8 Å². The molecule has 7 heteroatoms. The third-order valence-corrected chi connectivity index (χ3v) is 4.60. The first-order chi connectivity index (χ1) is 8.02. The maximum atomic E-state index is 10.6. The Labute approximate surface area is 111 Å². The summed E-state index contributed by atoms with van der Waals surface area (Å²) < 4.78 is 14.4. The van der Waals surface area contributed by atoms with Crippen LogP contribution in [-0.4, -0.2) is 50.8 Å². The first-order valence-electron chi connectivity index (χ1n) is 5.25. The van der Waals surface area contributed by atoms with Crippen molar-refractivity contribution >= 4 is 27.7 Å². The molecule has 1 N–H and O–H groups in total. The van der Waals surface area contributed by atoms with Gasteiger partial charge in [-0.15, -0.1) is 0 Å². The van der Waals surface area contributed by atoms with Gasteiger partial charge in [0.05, 0.1) is 13.7 Å². The number of hydrogen-bond donors (Lipinski definition) is 1. The lowest BCUT2D eigenvalue weighted by molar-refractivity contribution is 0.0473. The molecule has 0 amide bonds. The van der Waals surface area contributed by atoms with Crippen molar-refractivity contribution in [3.05, 3.63) is 0 Å². The van der Waals surface area contributed by atoms with Crippen molar-refractivity contribution in [2.24, 2.45) is 0 Å². The number of ether oxygens (including phenoxy) is 3. The minimum Gasteiger partial charge on any atom is -0.438 e. The van der Waals surface area contributed by atoms with E-state index in [1.807, 2.05) is 7.05 Å². The Kier molecular flexibility index (Phi) is 9.81. The Hall–Kier alpha value is -0.110. The molecule has 0 aliphatic rings. The van der Waals surface area contributed by atoms with E-state index in [0.717, 1.165) is 6.54 Å². The van der Waals surface area contributed by atoms with Gasteiger partial charge in [0.1, 0.15) is 12.5 Å². The zero-order chi connectivity index (χ0) is 13.1. The van der Waals surface area contributed by atoms with Crippen molar-refractivity contribution in [3.8, 4) is 0 Å². The van der Waals surface area contributed by atoms with Crippen LogP contribution in [0.2, 0.25) is 0 Å². The van der Waals surface area contributed by atoms with Crippen molar-refractivity contribution in [2.45, 2.75) is 18.6 Å². The smallest absolute Gasteiger partial charge is 0.438 e. The van der Waals surface area contributed by atoms with Gasteiger partial charge in [-0.05, 0) is 20.9 Å². The molecule has 0 aromatic heterocycles. The summed E-state index contributed by atoms with van der Waals surface area (Å²) >= 11 is 0. The highest BCUT2D eigenvalue weighted by Gasteiger charge is 2.17. The zero-order valence-corrected chi connectivity index (χ0v) is 12.4. The van der Waals surface area contributed by atoms with Crippen LogP contribution >= 0.6 is 21.6 Å². The molecule has 0 aromatic rings. The largest absolute Gasteiger partial charge is 0.508 e. The summed E-state index contributed by atoms with van der Waals surface area (Å²) in [5.41, 5.74) is 0. The highest BCUT2D eigenvalue weighted by molar-refractivity contribution is 8.77. The number of rotatable bonds is 9. The molecule has 0 fully saturated rings. The van der Waals surface area contributed by atoms with E-state index in [2.05, 4.69) is 28.6 Å². The fourth-order valence-electron chi connectivity index (χ4n) is 0.975. The molecule has 0 heterocycles. The second kappa shape index (κ2) is 9.87. The minimum atomic E-state index is -0.675. The summed E-state index contributed by atoms with van der Waals surface area (Å²) in [6.45, 7) is 5.88. The van der Waals surface area contributed by atoms with Crippen molar-refractivity contribution < 1.29 is 19.0 Å². The highest BCUT2D eigenvalue weighted by Crippen LogP contribution is 2.34. The first kappa shape index (κ1) is 16.9. The Morgan fingerprint density at radius 2 is 2.06 bits per heavy atom. The molecule has 0 radical (unpaired) electrons. The average Bonchev–Trinajstić information content (AvgIpc) is 2.27. The second-order valence-electron chi connectivity index (χ2n) is 3.82. The summed E-state index contributed by atoms with van der Waals surface area (Å²) in [6, 6.07) is 0. The van der Waals surface area contributed by atoms with Gasteiger partial charge in [-0.2, -0.15) is 0 Å². The molecule has 0 unspecified atom stereocenters. The van der Waals surface area contributed by atoms with Crippen LogP contribution in [0.5, 0.6) is 0 Å². The van der Waals surface area contributed by atoms with E-state index in [0.29, 0.717) is 12.5 Å². The zero-order valence-electron chi connectivity index (χ0n) is 10.8. The molecular weight excluding hydrogens is 262 g/mol. The monoisotopic (exact) mass is 283 g/mol. The number of carbonyl (C=O) groups is 1. The summed E-state index contributed by atoms with van der Waals surface area (Å²) in [5, 5.41) is 3.14. The molecule has 0 saturated heterocycles. The third kappa shape index (κ3) is 10.7. The molecule has 0 atom stereocenters. The van der Waals surface area contributed by atoms with Crippen molar-refractivity contribution in [3.63, 3.8) is 0 Å². The molecule has 0 aliphatic heterocycles. The van der Waals surface area contributed by atoms with Gasteiger partial charge in [0.2, 0.25) is 0 Å². The average molecular weight is 283 g/mol. The molecular formula is C10H21NO4S2. The SMILES string of the molecule is CNCC(C)(C)SSCOCCOC(=O)OC. The van der Waals surface area contributed by atoms with Gasteiger partial charge in [-0.1, -0.05) is 21.6 Å². The van der Waals surface area contributed by atoms with E-state index in [4.69, 9.17) is 4.74 Å². The molecule has 0 bridgehead atoms. The normalized spacial score (nSPS) is 11.3. The van der Waals surface area contributed by atoms with Crippen molar-refractivity contribution in [1.29, 1.82) is 0 Å². The van der Waals surface area contributed by atoms with Crippen molar-refractivity contribution in [1.82, 2.24) is 5.32 Å². The maximum Gasteiger partial charge on any atom is 0.508 e. The molecule has 0 aromatic carbocycles. The molecule has 17 heavy (non-hydrogen) atoms. The van der Waals surface area contributed by atoms with Crippen LogP contribution in [0, 0.1) is 0 Å². The molecule has 0 rings (SSSR count). The fourth-order valence-corrected chi connectivity index (χ4v) is 3.21. The number of nitrogens with one attached hydrogen (secondary N) is 1. The standard InChI is InChI=1S/C10H21NO4S2/c1-10(2,7-11-3)17-16-8-14-5-6-15-9(12)13-4/h11H,5-8H2,1-4H3. The number of hydrogen-bond acceptors (Lipinski definition) is 7. The lowest BCUT2D eigenvalue weighted by Gasteiger charge is -2.22. The predicted molar refractivity (Wildman–Crippen MR) is 72.4 cm³/mol. The predicted octanol–water partition coefficient (Wildman–Crippen LogP) is 2.12. The van der Waals surface area contributed by atoms with Crippen molar-refractivity contribution in [2.75, 3.05) is 39.9 Å². The second-order valence-corrected chi connectivity index (χ2v) is 6.77. The van der Waals surface area contributed by atoms with Gasteiger partial charge in [0.25, 0.3) is 0 Å². The van der Waals surface area contributed by atoms with E-state index in [9.17, 15) is 4.79 Å². The summed E-state index contributed by atoms with van der Waals surface area (Å²) in [7, 11) is 6.63. The maximum absolute atomic E-state index is 10.6. The van der Waals surface area contributed by atoms with E-state index >= 15 is 0 Å². The Morgan fingerprint density at radius 1 is 1.35 bits per heavy atom. The summed E-state index contributed by atoms with van der Waals surface area (Å²) in [4.78, 5) is 10.6. The quantitative estimate of drug-likeness (QED) is 0.301. The van der Waals surface area contributed by atoms with E-state index in [1.165, 1.54) is 7.11 Å². The Morgan fingerprint density at radius 3 is 2.65 bits per heavy atom. The third-order valence-electron chi connectivity index (χ3n) is 1.63. The van der Waals surface area contributed by atoms with E-state index in [-0.39, 0.29) is 11.4 Å². The fraction of sp³-hybridized carbons (Fsp3) is 0.900. The van der Waals surface area contributed by atoms with Crippen LogP contribution in [0.3, 0.4) is 0 Å². The van der Waals surface area contributed by atoms with Crippen LogP contribution in [-0.2, 0) is 14.2 Å². The number of methoxy groups -OCH3 is 1. The van der Waals surface area contributed by atoms with Gasteiger partial charge in [-0.3, -0.25) is 0 Å². The molecule has 0 spiro atoms.